The summed E-state index contributed by atoms with van der Waals surface area (Å²) in [7, 11) is 0.446. The van der Waals surface area contributed by atoms with E-state index in [4.69, 9.17) is 4.74 Å². The van der Waals surface area contributed by atoms with E-state index in [1.165, 1.54) is 45.5 Å². The summed E-state index contributed by atoms with van der Waals surface area (Å²) in [5.41, 5.74) is 0.162. The summed E-state index contributed by atoms with van der Waals surface area (Å²) >= 11 is 0. The number of nitrogens with one attached hydrogen (secondary N) is 1. The van der Waals surface area contributed by atoms with Gasteiger partial charge >= 0.3 is 5.97 Å². The minimum atomic E-state index is -3.64. The van der Waals surface area contributed by atoms with Crippen molar-refractivity contribution in [3.8, 4) is 0 Å². The molecule has 1 amide bonds. The van der Waals surface area contributed by atoms with E-state index >= 15 is 0 Å². The minimum absolute atomic E-state index is 0.0123. The number of esters is 1. The van der Waals surface area contributed by atoms with E-state index in [0.717, 1.165) is 4.31 Å². The van der Waals surface area contributed by atoms with Crippen molar-refractivity contribution in [1.29, 1.82) is 0 Å². The molecule has 0 fully saturated rings. The number of amides is 1. The Bertz CT molecular complexity index is 700. The number of hydrogen-bond acceptors (Lipinski definition) is 5. The Labute approximate surface area is 143 Å². The highest BCUT2D eigenvalue weighted by Gasteiger charge is 2.27. The molecule has 0 aliphatic heterocycles. The predicted molar refractivity (Wildman–Crippen MR) is 90.0 cm³/mol. The quantitative estimate of drug-likeness (QED) is 0.742. The molecule has 0 heterocycles. The molecular formula is C16H24N2O5S. The summed E-state index contributed by atoms with van der Waals surface area (Å²) in [6.07, 6.45) is 0.676. The maximum Gasteiger partial charge on any atom is 0.328 e. The summed E-state index contributed by atoms with van der Waals surface area (Å²) in [5.74, 6) is -1.17. The summed E-state index contributed by atoms with van der Waals surface area (Å²) in [6.45, 7) is 3.73. The van der Waals surface area contributed by atoms with Crippen molar-refractivity contribution in [3.63, 3.8) is 0 Å². The van der Waals surface area contributed by atoms with E-state index in [2.05, 4.69) is 5.32 Å². The fourth-order valence-electron chi connectivity index (χ4n) is 2.03. The fraction of sp³-hybridized carbons (Fsp3) is 0.500. The standard InChI is InChI=1S/C16H24N2O5S/c1-6-11(2)14(16(20)23-5)17-15(19)12-8-7-9-13(10-12)24(21,22)18(3)4/h7-11,14H,6H2,1-5H3,(H,17,19)/t11-,14-/m0/s1. The first-order valence-electron chi connectivity index (χ1n) is 7.56. The van der Waals surface area contributed by atoms with Gasteiger partial charge in [0, 0.05) is 19.7 Å². The summed E-state index contributed by atoms with van der Waals surface area (Å²) in [5, 5.41) is 2.62. The monoisotopic (exact) mass is 356 g/mol. The van der Waals surface area contributed by atoms with Crippen LogP contribution in [-0.2, 0) is 19.6 Å². The first-order chi connectivity index (χ1) is 11.1. The number of carbonyl (C=O) groups is 2. The highest BCUT2D eigenvalue weighted by Crippen LogP contribution is 2.16. The van der Waals surface area contributed by atoms with Crippen molar-refractivity contribution in [2.75, 3.05) is 21.2 Å². The molecule has 1 N–H and O–H groups in total. The highest BCUT2D eigenvalue weighted by molar-refractivity contribution is 7.89. The molecule has 24 heavy (non-hydrogen) atoms. The van der Waals surface area contributed by atoms with E-state index in [9.17, 15) is 18.0 Å². The number of ether oxygens (including phenoxy) is 1. The van der Waals surface area contributed by atoms with Crippen LogP contribution in [0.2, 0.25) is 0 Å². The minimum Gasteiger partial charge on any atom is -0.467 e. The number of methoxy groups -OCH3 is 1. The molecule has 1 rings (SSSR count). The molecule has 7 nitrogen and oxygen atoms in total. The van der Waals surface area contributed by atoms with Gasteiger partial charge in [-0.25, -0.2) is 17.5 Å². The van der Waals surface area contributed by atoms with Crippen molar-refractivity contribution in [2.45, 2.75) is 31.2 Å². The van der Waals surface area contributed by atoms with Crippen LogP contribution in [0.25, 0.3) is 0 Å². The smallest absolute Gasteiger partial charge is 0.328 e. The summed E-state index contributed by atoms with van der Waals surface area (Å²) < 4.78 is 30.1. The lowest BCUT2D eigenvalue weighted by atomic mass is 9.99. The third-order valence-electron chi connectivity index (χ3n) is 3.83. The van der Waals surface area contributed by atoms with Crippen molar-refractivity contribution in [1.82, 2.24) is 9.62 Å². The third kappa shape index (κ3) is 4.55. The molecule has 0 saturated carbocycles. The van der Waals surface area contributed by atoms with E-state index < -0.39 is 27.9 Å². The first kappa shape index (κ1) is 20.1. The second-order valence-corrected chi connectivity index (χ2v) is 7.83. The molecule has 0 radical (unpaired) electrons. The number of carbonyl (C=O) groups excluding carboxylic acids is 2. The lowest BCUT2D eigenvalue weighted by Crippen LogP contribution is -2.45. The van der Waals surface area contributed by atoms with E-state index in [-0.39, 0.29) is 16.4 Å². The van der Waals surface area contributed by atoms with E-state index in [0.29, 0.717) is 6.42 Å². The van der Waals surface area contributed by atoms with Gasteiger partial charge in [-0.3, -0.25) is 4.79 Å². The maximum atomic E-state index is 12.4. The lowest BCUT2D eigenvalue weighted by Gasteiger charge is -2.22. The van der Waals surface area contributed by atoms with Gasteiger partial charge in [-0.05, 0) is 24.1 Å². The molecule has 8 heteroatoms. The van der Waals surface area contributed by atoms with E-state index in [1.807, 2.05) is 13.8 Å². The molecule has 0 aliphatic carbocycles. The van der Waals surface area contributed by atoms with Crippen LogP contribution in [0.1, 0.15) is 30.6 Å². The van der Waals surface area contributed by atoms with Gasteiger partial charge < -0.3 is 10.1 Å². The van der Waals surface area contributed by atoms with Gasteiger partial charge in [0.1, 0.15) is 6.04 Å². The van der Waals surface area contributed by atoms with Crippen LogP contribution < -0.4 is 5.32 Å². The second kappa shape index (κ2) is 8.25. The zero-order chi connectivity index (χ0) is 18.5. The summed E-state index contributed by atoms with van der Waals surface area (Å²) in [6, 6.07) is 4.90. The van der Waals surface area contributed by atoms with Gasteiger partial charge in [-0.15, -0.1) is 0 Å². The molecule has 0 spiro atoms. The molecule has 0 aliphatic rings. The van der Waals surface area contributed by atoms with E-state index in [1.54, 1.807) is 0 Å². The van der Waals surface area contributed by atoms with Crippen molar-refractivity contribution >= 4 is 21.9 Å². The number of sulfonamides is 1. The van der Waals surface area contributed by atoms with Gasteiger partial charge in [0.15, 0.2) is 0 Å². The zero-order valence-corrected chi connectivity index (χ0v) is 15.4. The molecule has 1 aromatic rings. The summed E-state index contributed by atoms with van der Waals surface area (Å²) in [4.78, 5) is 24.3. The molecular weight excluding hydrogens is 332 g/mol. The van der Waals surface area contributed by atoms with Gasteiger partial charge in [0.2, 0.25) is 10.0 Å². The molecule has 0 unspecified atom stereocenters. The Morgan fingerprint density at radius 3 is 2.42 bits per heavy atom. The zero-order valence-electron chi connectivity index (χ0n) is 14.6. The average Bonchev–Trinajstić information content (AvgIpc) is 2.57. The SMILES string of the molecule is CC[C@H](C)[C@H](NC(=O)c1cccc(S(=O)(=O)N(C)C)c1)C(=O)OC. The first-order valence-corrected chi connectivity index (χ1v) is 9.00. The number of rotatable bonds is 7. The van der Waals surface area contributed by atoms with Gasteiger partial charge in [0.25, 0.3) is 5.91 Å². The number of hydrogen-bond donors (Lipinski definition) is 1. The second-order valence-electron chi connectivity index (χ2n) is 5.68. The Kier molecular flexibility index (Phi) is 6.92. The largest absolute Gasteiger partial charge is 0.467 e. The van der Waals surface area contributed by atoms with Crippen LogP contribution in [0, 0.1) is 5.92 Å². The van der Waals surface area contributed by atoms with Gasteiger partial charge in [-0.2, -0.15) is 0 Å². The van der Waals surface area contributed by atoms with Crippen molar-refractivity contribution < 1.29 is 22.7 Å². The van der Waals surface area contributed by atoms with Crippen LogP contribution in [-0.4, -0.2) is 51.8 Å². The van der Waals surface area contributed by atoms with Crippen LogP contribution >= 0.6 is 0 Å². The Hall–Kier alpha value is -1.93. The normalized spacial score (nSPS) is 14.1. The van der Waals surface area contributed by atoms with Crippen molar-refractivity contribution in [2.24, 2.45) is 5.92 Å². The average molecular weight is 356 g/mol. The van der Waals surface area contributed by atoms with Gasteiger partial charge in [-0.1, -0.05) is 26.3 Å². The molecule has 0 saturated heterocycles. The molecule has 0 aromatic heterocycles. The number of nitrogens with zero attached hydrogens (tertiary/aromatic N) is 1. The van der Waals surface area contributed by atoms with Crippen LogP contribution in [0.4, 0.5) is 0 Å². The topological polar surface area (TPSA) is 92.8 Å². The van der Waals surface area contributed by atoms with Crippen LogP contribution in [0.15, 0.2) is 29.2 Å². The van der Waals surface area contributed by atoms with Crippen LogP contribution in [0.5, 0.6) is 0 Å². The Morgan fingerprint density at radius 2 is 1.92 bits per heavy atom. The Balaban J connectivity index is 3.09. The third-order valence-corrected chi connectivity index (χ3v) is 5.64. The molecule has 2 atom stereocenters. The maximum absolute atomic E-state index is 12.4. The molecule has 1 aromatic carbocycles. The molecule has 134 valence electrons. The van der Waals surface area contributed by atoms with Crippen molar-refractivity contribution in [3.05, 3.63) is 29.8 Å². The van der Waals surface area contributed by atoms with Gasteiger partial charge in [0.05, 0.1) is 12.0 Å². The molecule has 0 bridgehead atoms. The number of benzene rings is 1. The predicted octanol–water partition coefficient (Wildman–Crippen LogP) is 1.25. The van der Waals surface area contributed by atoms with Crippen LogP contribution in [0.3, 0.4) is 0 Å². The Morgan fingerprint density at radius 1 is 1.29 bits per heavy atom. The fourth-order valence-corrected chi connectivity index (χ4v) is 2.98. The highest BCUT2D eigenvalue weighted by atomic mass is 32.2. The lowest BCUT2D eigenvalue weighted by molar-refractivity contribution is -0.144.